The van der Waals surface area contributed by atoms with Gasteiger partial charge in [-0.3, -0.25) is 0 Å². The van der Waals surface area contributed by atoms with Crippen molar-refractivity contribution in [1.29, 1.82) is 0 Å². The fourth-order valence-corrected chi connectivity index (χ4v) is 1.92. The summed E-state index contributed by atoms with van der Waals surface area (Å²) in [6.07, 6.45) is -4.45. The molecule has 0 saturated heterocycles. The lowest BCUT2D eigenvalue weighted by Crippen LogP contribution is -2.38. The lowest BCUT2D eigenvalue weighted by Gasteiger charge is -2.31. The normalized spacial score (nSPS) is 15.8. The maximum absolute atomic E-state index is 12.9. The number of hydrogen-bond donors (Lipinski definition) is 1. The van der Waals surface area contributed by atoms with Crippen LogP contribution in [0.15, 0.2) is 24.3 Å². The number of nitrogens with zero attached hydrogens (tertiary/aromatic N) is 1. The van der Waals surface area contributed by atoms with Crippen LogP contribution in [0.1, 0.15) is 25.0 Å². The van der Waals surface area contributed by atoms with Crippen molar-refractivity contribution in [3.8, 4) is 0 Å². The Bertz CT molecular complexity index is 401. The van der Waals surface area contributed by atoms with E-state index in [4.69, 9.17) is 0 Å². The molecule has 0 fully saturated rings. The van der Waals surface area contributed by atoms with Gasteiger partial charge in [0.1, 0.15) is 5.60 Å². The molecule has 5 heteroatoms. The van der Waals surface area contributed by atoms with Crippen molar-refractivity contribution in [2.75, 3.05) is 20.1 Å². The van der Waals surface area contributed by atoms with Gasteiger partial charge >= 0.3 is 6.18 Å². The van der Waals surface area contributed by atoms with Crippen LogP contribution in [0.25, 0.3) is 0 Å². The minimum Gasteiger partial charge on any atom is -0.384 e. The smallest absolute Gasteiger partial charge is 0.384 e. The van der Waals surface area contributed by atoms with Crippen molar-refractivity contribution in [3.63, 3.8) is 0 Å². The predicted molar refractivity (Wildman–Crippen MR) is 64.2 cm³/mol. The van der Waals surface area contributed by atoms with Gasteiger partial charge in [0.25, 0.3) is 0 Å². The molecule has 1 aromatic carbocycles. The third-order valence-electron chi connectivity index (χ3n) is 2.93. The first-order valence-electron chi connectivity index (χ1n) is 5.76. The molecule has 2 nitrogen and oxygen atoms in total. The van der Waals surface area contributed by atoms with Crippen LogP contribution in [0.5, 0.6) is 0 Å². The third kappa shape index (κ3) is 3.46. The minimum atomic E-state index is -4.45. The van der Waals surface area contributed by atoms with Gasteiger partial charge in [0.05, 0.1) is 5.56 Å². The van der Waals surface area contributed by atoms with Crippen LogP contribution in [0, 0.1) is 0 Å². The molecule has 1 rings (SSSR count). The second-order valence-electron chi connectivity index (χ2n) is 4.65. The largest absolute Gasteiger partial charge is 0.416 e. The predicted octanol–water partition coefficient (Wildman–Crippen LogP) is 2.86. The van der Waals surface area contributed by atoms with Crippen LogP contribution in [-0.4, -0.2) is 30.1 Å². The Hall–Kier alpha value is -1.07. The third-order valence-corrected chi connectivity index (χ3v) is 2.93. The minimum absolute atomic E-state index is 0.0854. The highest BCUT2D eigenvalue weighted by Crippen LogP contribution is 2.36. The van der Waals surface area contributed by atoms with Gasteiger partial charge in [-0.25, -0.2) is 0 Å². The summed E-state index contributed by atoms with van der Waals surface area (Å²) < 4.78 is 38.6. The van der Waals surface area contributed by atoms with Gasteiger partial charge in [-0.15, -0.1) is 0 Å². The molecule has 102 valence electrons. The zero-order valence-electron chi connectivity index (χ0n) is 10.8. The van der Waals surface area contributed by atoms with Crippen LogP contribution < -0.4 is 0 Å². The van der Waals surface area contributed by atoms with E-state index in [2.05, 4.69) is 0 Å². The van der Waals surface area contributed by atoms with Crippen LogP contribution >= 0.6 is 0 Å². The molecule has 18 heavy (non-hydrogen) atoms. The zero-order chi connectivity index (χ0) is 14.0. The highest BCUT2D eigenvalue weighted by atomic mass is 19.4. The van der Waals surface area contributed by atoms with Crippen molar-refractivity contribution in [3.05, 3.63) is 35.4 Å². The van der Waals surface area contributed by atoms with E-state index in [1.54, 1.807) is 11.9 Å². The summed E-state index contributed by atoms with van der Waals surface area (Å²) in [5, 5.41) is 10.3. The number of benzene rings is 1. The van der Waals surface area contributed by atoms with Crippen molar-refractivity contribution in [2.45, 2.75) is 25.6 Å². The van der Waals surface area contributed by atoms with E-state index in [1.165, 1.54) is 25.1 Å². The Labute approximate surface area is 105 Å². The monoisotopic (exact) mass is 261 g/mol. The number of aliphatic hydroxyl groups is 1. The highest BCUT2D eigenvalue weighted by molar-refractivity contribution is 5.34. The molecule has 0 radical (unpaired) electrons. The molecule has 0 aromatic heterocycles. The molecular weight excluding hydrogens is 243 g/mol. The zero-order valence-corrected chi connectivity index (χ0v) is 10.8. The van der Waals surface area contributed by atoms with Gasteiger partial charge in [-0.05, 0) is 32.1 Å². The van der Waals surface area contributed by atoms with E-state index in [1.807, 2.05) is 6.92 Å². The molecule has 0 saturated carbocycles. The fraction of sp³-hybridized carbons (Fsp3) is 0.538. The van der Waals surface area contributed by atoms with Gasteiger partial charge in [-0.1, -0.05) is 25.1 Å². The quantitative estimate of drug-likeness (QED) is 0.901. The summed E-state index contributed by atoms with van der Waals surface area (Å²) in [6, 6.07) is 5.15. The van der Waals surface area contributed by atoms with E-state index in [9.17, 15) is 18.3 Å². The second kappa shape index (κ2) is 5.28. The molecule has 1 atom stereocenters. The number of hydrogen-bond acceptors (Lipinski definition) is 2. The molecule has 1 aromatic rings. The van der Waals surface area contributed by atoms with Gasteiger partial charge in [0, 0.05) is 6.54 Å². The SMILES string of the molecule is CCN(C)C[C@](C)(O)c1ccccc1C(F)(F)F. The average molecular weight is 261 g/mol. The molecule has 0 aliphatic rings. The lowest BCUT2D eigenvalue weighted by molar-refractivity contribution is -0.140. The first-order valence-corrected chi connectivity index (χ1v) is 5.76. The summed E-state index contributed by atoms with van der Waals surface area (Å²) in [4.78, 5) is 1.77. The molecular formula is C13H18F3NO. The summed E-state index contributed by atoms with van der Waals surface area (Å²) in [5.74, 6) is 0. The number of alkyl halides is 3. The van der Waals surface area contributed by atoms with Gasteiger partial charge in [0.2, 0.25) is 0 Å². The highest BCUT2D eigenvalue weighted by Gasteiger charge is 2.38. The van der Waals surface area contributed by atoms with Crippen LogP contribution in [-0.2, 0) is 11.8 Å². The summed E-state index contributed by atoms with van der Waals surface area (Å²) >= 11 is 0. The summed E-state index contributed by atoms with van der Waals surface area (Å²) in [5.41, 5.74) is -2.39. The Morgan fingerprint density at radius 3 is 2.11 bits per heavy atom. The standard InChI is InChI=1S/C13H18F3NO/c1-4-17(3)9-12(2,18)10-7-5-6-8-11(10)13(14,15)16/h5-8,18H,4,9H2,1-3H3/t12-/m0/s1. The van der Waals surface area contributed by atoms with Crippen molar-refractivity contribution in [2.24, 2.45) is 0 Å². The molecule has 0 aliphatic heterocycles. The summed E-state index contributed by atoms with van der Waals surface area (Å²) in [6.45, 7) is 4.09. The van der Waals surface area contributed by atoms with Crippen LogP contribution in [0.2, 0.25) is 0 Å². The van der Waals surface area contributed by atoms with E-state index in [0.29, 0.717) is 6.54 Å². The van der Waals surface area contributed by atoms with Gasteiger partial charge < -0.3 is 10.0 Å². The van der Waals surface area contributed by atoms with E-state index < -0.39 is 17.3 Å². The van der Waals surface area contributed by atoms with Crippen molar-refractivity contribution in [1.82, 2.24) is 4.90 Å². The second-order valence-corrected chi connectivity index (χ2v) is 4.65. The van der Waals surface area contributed by atoms with Crippen LogP contribution in [0.3, 0.4) is 0 Å². The fourth-order valence-electron chi connectivity index (χ4n) is 1.92. The molecule has 1 N–H and O–H groups in total. The lowest BCUT2D eigenvalue weighted by atomic mass is 9.90. The van der Waals surface area contributed by atoms with Gasteiger partial charge in [0.15, 0.2) is 0 Å². The number of rotatable bonds is 4. The van der Waals surface area contributed by atoms with E-state index in [-0.39, 0.29) is 12.1 Å². The molecule has 0 amide bonds. The van der Waals surface area contributed by atoms with Crippen molar-refractivity contribution < 1.29 is 18.3 Å². The van der Waals surface area contributed by atoms with E-state index >= 15 is 0 Å². The van der Waals surface area contributed by atoms with Crippen LogP contribution in [0.4, 0.5) is 13.2 Å². The number of likely N-dealkylation sites (N-methyl/N-ethyl adjacent to an activating group) is 1. The number of halogens is 3. The molecule has 0 bridgehead atoms. The molecule has 0 heterocycles. The average Bonchev–Trinajstić information content (AvgIpc) is 2.27. The maximum Gasteiger partial charge on any atom is 0.416 e. The van der Waals surface area contributed by atoms with E-state index in [0.717, 1.165) is 6.07 Å². The Balaban J connectivity index is 3.16. The van der Waals surface area contributed by atoms with Crippen molar-refractivity contribution >= 4 is 0 Å². The summed E-state index contributed by atoms with van der Waals surface area (Å²) in [7, 11) is 1.75. The Morgan fingerprint density at radius 1 is 1.17 bits per heavy atom. The molecule has 0 unspecified atom stereocenters. The Kier molecular flexibility index (Phi) is 4.40. The van der Waals surface area contributed by atoms with Gasteiger partial charge in [-0.2, -0.15) is 13.2 Å². The first-order chi connectivity index (χ1) is 8.18. The molecule has 0 aliphatic carbocycles. The Morgan fingerprint density at radius 2 is 1.67 bits per heavy atom. The first kappa shape index (κ1) is 15.0. The molecule has 0 spiro atoms. The maximum atomic E-state index is 12.9. The topological polar surface area (TPSA) is 23.5 Å².